The number of hydrogen-bond acceptors (Lipinski definition) is 5. The highest BCUT2D eigenvalue weighted by molar-refractivity contribution is 6.39. The maximum absolute atomic E-state index is 14.9. The van der Waals surface area contributed by atoms with E-state index in [4.69, 9.17) is 11.6 Å². The molecular weight excluding hydrogens is 548 g/mol. The highest BCUT2D eigenvalue weighted by Crippen LogP contribution is 2.49. The van der Waals surface area contributed by atoms with E-state index in [-0.39, 0.29) is 6.42 Å². The van der Waals surface area contributed by atoms with E-state index in [1.54, 1.807) is 54.6 Å². The van der Waals surface area contributed by atoms with Crippen LogP contribution in [0.25, 0.3) is 0 Å². The zero-order valence-electron chi connectivity index (χ0n) is 22.9. The molecule has 210 valence electrons. The third-order valence-electron chi connectivity index (χ3n) is 8.69. The van der Waals surface area contributed by atoms with Gasteiger partial charge in [-0.1, -0.05) is 84.4 Å². The molecule has 0 unspecified atom stereocenters. The van der Waals surface area contributed by atoms with Gasteiger partial charge in [0.2, 0.25) is 0 Å². The molecule has 7 nitrogen and oxygen atoms in total. The van der Waals surface area contributed by atoms with Gasteiger partial charge in [0.05, 0.1) is 17.4 Å². The number of benzene rings is 4. The lowest BCUT2D eigenvalue weighted by atomic mass is 9.67. The summed E-state index contributed by atoms with van der Waals surface area (Å²) >= 11 is 6.47. The average Bonchev–Trinajstić information content (AvgIpc) is 3.02. The number of piperazine rings is 1. The van der Waals surface area contributed by atoms with Crippen LogP contribution in [0.4, 0.5) is 21.9 Å². The maximum atomic E-state index is 14.9. The van der Waals surface area contributed by atoms with Gasteiger partial charge < -0.3 is 4.90 Å². The molecule has 4 aromatic rings. The highest BCUT2D eigenvalue weighted by atomic mass is 35.5. The van der Waals surface area contributed by atoms with Crippen LogP contribution in [0.15, 0.2) is 109 Å². The minimum atomic E-state index is -1.55. The number of nitrogens with zero attached hydrogens (tertiary/aromatic N) is 4. The zero-order chi connectivity index (χ0) is 28.8. The van der Waals surface area contributed by atoms with E-state index < -0.39 is 29.3 Å². The second-order valence-corrected chi connectivity index (χ2v) is 11.5. The molecule has 3 aliphatic heterocycles. The summed E-state index contributed by atoms with van der Waals surface area (Å²) < 4.78 is 0. The summed E-state index contributed by atoms with van der Waals surface area (Å²) in [5, 5.41) is 0.600. The van der Waals surface area contributed by atoms with E-state index in [9.17, 15) is 14.4 Å². The summed E-state index contributed by atoms with van der Waals surface area (Å²) in [5.74, 6) is -0.985. The zero-order valence-corrected chi connectivity index (χ0v) is 23.7. The molecule has 2 saturated heterocycles. The summed E-state index contributed by atoms with van der Waals surface area (Å²) in [6, 6.07) is 32.4. The largest absolute Gasteiger partial charge is 0.364 e. The van der Waals surface area contributed by atoms with Gasteiger partial charge in [0.25, 0.3) is 11.8 Å². The minimum Gasteiger partial charge on any atom is -0.364 e. The van der Waals surface area contributed by atoms with E-state index in [1.807, 2.05) is 42.5 Å². The lowest BCUT2D eigenvalue weighted by Crippen LogP contribution is -2.76. The number of barbiturate groups is 1. The molecule has 7 rings (SSSR count). The molecule has 0 N–H and O–H groups in total. The van der Waals surface area contributed by atoms with Gasteiger partial charge in [0.1, 0.15) is 0 Å². The van der Waals surface area contributed by atoms with Crippen LogP contribution >= 0.6 is 11.6 Å². The number of para-hydroxylation sites is 2. The van der Waals surface area contributed by atoms with Crippen LogP contribution in [0.2, 0.25) is 5.02 Å². The lowest BCUT2D eigenvalue weighted by molar-refractivity contribution is -0.143. The molecule has 0 aliphatic carbocycles. The number of hydrogen-bond donors (Lipinski definition) is 0. The molecule has 2 fully saturated rings. The van der Waals surface area contributed by atoms with E-state index in [2.05, 4.69) is 21.9 Å². The van der Waals surface area contributed by atoms with E-state index in [1.165, 1.54) is 9.80 Å². The van der Waals surface area contributed by atoms with Gasteiger partial charge in [-0.15, -0.1) is 0 Å². The van der Waals surface area contributed by atoms with Gasteiger partial charge in [-0.3, -0.25) is 14.5 Å². The van der Waals surface area contributed by atoms with Crippen molar-refractivity contribution in [3.05, 3.63) is 125 Å². The quantitative estimate of drug-likeness (QED) is 0.289. The Bertz CT molecular complexity index is 1600. The fourth-order valence-electron chi connectivity index (χ4n) is 6.72. The number of halogens is 1. The Morgan fingerprint density at radius 3 is 1.88 bits per heavy atom. The van der Waals surface area contributed by atoms with Gasteiger partial charge in [-0.05, 0) is 53.9 Å². The molecule has 42 heavy (non-hydrogen) atoms. The molecule has 4 aromatic carbocycles. The molecule has 1 spiro atoms. The van der Waals surface area contributed by atoms with Gasteiger partial charge in [0, 0.05) is 36.9 Å². The Labute approximate surface area is 249 Å². The molecule has 3 heterocycles. The summed E-state index contributed by atoms with van der Waals surface area (Å²) in [6.07, 6.45) is 0.164. The first-order valence-electron chi connectivity index (χ1n) is 14.1. The van der Waals surface area contributed by atoms with E-state index >= 15 is 0 Å². The van der Waals surface area contributed by atoms with E-state index in [0.717, 1.165) is 23.4 Å². The van der Waals surface area contributed by atoms with Gasteiger partial charge in [-0.2, -0.15) is 0 Å². The van der Waals surface area contributed by atoms with Crippen molar-refractivity contribution in [2.45, 2.75) is 19.0 Å². The van der Waals surface area contributed by atoms with Crippen molar-refractivity contribution in [1.82, 2.24) is 4.90 Å². The first-order chi connectivity index (χ1) is 20.5. The summed E-state index contributed by atoms with van der Waals surface area (Å²) in [7, 11) is 0. The SMILES string of the molecule is O=C1N(c2ccccc2)C(=O)C2(Cc3ccc(Cl)cc3N3CCN(Cc4ccccc4)C[C@@H]32)C(=O)N1c1ccccc1. The number of fused-ring (bicyclic) bond motifs is 4. The summed E-state index contributed by atoms with van der Waals surface area (Å²) in [5.41, 5.74) is 2.29. The normalized spacial score (nSPS) is 20.1. The third-order valence-corrected chi connectivity index (χ3v) is 8.92. The van der Waals surface area contributed by atoms with Crippen LogP contribution in [0.1, 0.15) is 11.1 Å². The van der Waals surface area contributed by atoms with Crippen LogP contribution in [0, 0.1) is 5.41 Å². The standard InChI is InChI=1S/C34H29ClN4O3/c35-26-17-16-25-21-34(30-23-36(18-19-37(30)29(25)20-26)22-24-10-4-1-5-11-24)31(40)38(27-12-6-2-7-13-27)33(42)39(32(34)41)28-14-8-3-9-15-28/h1-17,20,30H,18-19,21-23H2/t30-/m1/s1. The monoisotopic (exact) mass is 576 g/mol. The van der Waals surface area contributed by atoms with Gasteiger partial charge in [-0.25, -0.2) is 14.6 Å². The first-order valence-corrected chi connectivity index (χ1v) is 14.5. The summed E-state index contributed by atoms with van der Waals surface area (Å²) in [4.78, 5) is 50.7. The fraction of sp³-hybridized carbons (Fsp3) is 0.206. The molecule has 3 aliphatic rings. The minimum absolute atomic E-state index is 0.164. The molecular formula is C34H29ClN4O3. The highest BCUT2D eigenvalue weighted by Gasteiger charge is 2.65. The number of urea groups is 1. The Morgan fingerprint density at radius 2 is 1.29 bits per heavy atom. The topological polar surface area (TPSA) is 64.2 Å². The summed E-state index contributed by atoms with van der Waals surface area (Å²) in [6.45, 7) is 2.52. The molecule has 0 bridgehead atoms. The first kappa shape index (κ1) is 26.4. The Hall–Kier alpha value is -4.46. The third kappa shape index (κ3) is 4.19. The van der Waals surface area contributed by atoms with Crippen LogP contribution in [-0.2, 0) is 22.6 Å². The van der Waals surface area contributed by atoms with Crippen LogP contribution in [0.5, 0.6) is 0 Å². The van der Waals surface area contributed by atoms with Crippen molar-refractivity contribution >= 4 is 46.5 Å². The van der Waals surface area contributed by atoms with Gasteiger partial charge >= 0.3 is 6.03 Å². The van der Waals surface area contributed by atoms with Crippen LogP contribution in [0.3, 0.4) is 0 Å². The maximum Gasteiger partial charge on any atom is 0.342 e. The second kappa shape index (κ2) is 10.4. The molecule has 8 heteroatoms. The van der Waals surface area contributed by atoms with Crippen molar-refractivity contribution in [2.75, 3.05) is 34.3 Å². The average molecular weight is 577 g/mol. The number of anilines is 3. The second-order valence-electron chi connectivity index (χ2n) is 11.1. The number of rotatable bonds is 4. The van der Waals surface area contributed by atoms with Crippen LogP contribution < -0.4 is 14.7 Å². The molecule has 0 saturated carbocycles. The fourth-order valence-corrected chi connectivity index (χ4v) is 6.88. The molecule has 4 amide bonds. The number of carbonyl (C=O) groups is 3. The Balaban J connectivity index is 1.40. The van der Waals surface area contributed by atoms with Crippen molar-refractivity contribution in [3.8, 4) is 0 Å². The van der Waals surface area contributed by atoms with Crippen LogP contribution in [-0.4, -0.2) is 48.4 Å². The Morgan fingerprint density at radius 1 is 0.714 bits per heavy atom. The predicted molar refractivity (Wildman–Crippen MR) is 164 cm³/mol. The smallest absolute Gasteiger partial charge is 0.342 e. The van der Waals surface area contributed by atoms with Gasteiger partial charge in [0.15, 0.2) is 5.41 Å². The van der Waals surface area contributed by atoms with Crippen molar-refractivity contribution < 1.29 is 14.4 Å². The van der Waals surface area contributed by atoms with Crippen molar-refractivity contribution in [2.24, 2.45) is 5.41 Å². The number of amides is 4. The molecule has 0 aromatic heterocycles. The number of imide groups is 2. The predicted octanol–water partition coefficient (Wildman–Crippen LogP) is 5.77. The van der Waals surface area contributed by atoms with Crippen molar-refractivity contribution in [1.29, 1.82) is 0 Å². The molecule has 0 radical (unpaired) electrons. The van der Waals surface area contributed by atoms with Crippen molar-refractivity contribution in [3.63, 3.8) is 0 Å². The number of carbonyl (C=O) groups excluding carboxylic acids is 3. The van der Waals surface area contributed by atoms with E-state index in [0.29, 0.717) is 36.0 Å². The molecule has 1 atom stereocenters. The lowest BCUT2D eigenvalue weighted by Gasteiger charge is -2.56. The Kier molecular flexibility index (Phi) is 6.56.